The number of fused-ring (bicyclic) bond motifs is 1. The van der Waals surface area contributed by atoms with Gasteiger partial charge in [-0.2, -0.15) is 0 Å². The lowest BCUT2D eigenvalue weighted by molar-refractivity contribution is -0.119. The fourth-order valence-corrected chi connectivity index (χ4v) is 4.65. The Morgan fingerprint density at radius 1 is 0.771 bits per heavy atom. The molecule has 2 heterocycles. The fourth-order valence-electron chi connectivity index (χ4n) is 4.65. The topological polar surface area (TPSA) is 86.8 Å². The smallest absolute Gasteiger partial charge is 0.262 e. The average molecular weight is 468 g/mol. The first-order valence-electron chi connectivity index (χ1n) is 11.7. The number of nitrogens with zero attached hydrogens (tertiary/aromatic N) is 2. The van der Waals surface area contributed by atoms with Crippen LogP contribution in [-0.2, 0) is 11.2 Å². The van der Waals surface area contributed by atoms with E-state index in [0.717, 1.165) is 36.4 Å². The molecule has 1 fully saturated rings. The normalized spacial score (nSPS) is 15.8. The number of amides is 4. The van der Waals surface area contributed by atoms with Crippen molar-refractivity contribution in [2.24, 2.45) is 0 Å². The fraction of sp³-hybridized carbons (Fsp3) is 0.214. The van der Waals surface area contributed by atoms with Gasteiger partial charge < -0.3 is 10.2 Å². The lowest BCUT2D eigenvalue weighted by Crippen LogP contribution is -2.48. The second kappa shape index (κ2) is 9.54. The molecule has 0 aromatic heterocycles. The molecule has 35 heavy (non-hydrogen) atoms. The highest BCUT2D eigenvalue weighted by Gasteiger charge is 2.42. The van der Waals surface area contributed by atoms with Crippen LogP contribution in [0.1, 0.15) is 49.5 Å². The van der Waals surface area contributed by atoms with Gasteiger partial charge in [0, 0.05) is 30.8 Å². The minimum absolute atomic E-state index is 0.0200. The summed E-state index contributed by atoms with van der Waals surface area (Å²) in [4.78, 5) is 55.2. The molecule has 4 amide bonds. The van der Waals surface area contributed by atoms with Crippen molar-refractivity contribution in [2.45, 2.75) is 25.3 Å². The number of anilines is 1. The summed E-state index contributed by atoms with van der Waals surface area (Å²) in [7, 11) is 0. The Hall–Kier alpha value is -4.26. The first-order valence-corrected chi connectivity index (χ1v) is 11.7. The van der Waals surface area contributed by atoms with Crippen molar-refractivity contribution >= 4 is 29.3 Å². The number of likely N-dealkylation sites (tertiary alicyclic amines) is 1. The van der Waals surface area contributed by atoms with E-state index >= 15 is 0 Å². The van der Waals surface area contributed by atoms with Crippen LogP contribution in [0.4, 0.5) is 5.69 Å². The van der Waals surface area contributed by atoms with Gasteiger partial charge in [-0.25, -0.2) is 0 Å². The molecule has 2 aliphatic heterocycles. The van der Waals surface area contributed by atoms with Crippen LogP contribution in [0, 0.1) is 0 Å². The SMILES string of the molecule is O=C(Nc1ccc(C(=O)N2CCCC2)cc1)C(Cc1ccccc1)N1C(=O)c2ccccc2C1=O. The standard InChI is InChI=1S/C28H25N3O4/c32-25(29-21-14-12-20(13-15-21)26(33)30-16-6-7-17-30)24(18-19-8-2-1-3-9-19)31-27(34)22-10-4-5-11-23(22)28(31)35/h1-5,8-15,24H,6-7,16-18H2,(H,29,32). The Kier molecular flexibility index (Phi) is 6.14. The highest BCUT2D eigenvalue weighted by molar-refractivity contribution is 6.23. The van der Waals surface area contributed by atoms with Gasteiger partial charge >= 0.3 is 0 Å². The number of carbonyl (C=O) groups is 4. The maximum absolute atomic E-state index is 13.4. The minimum Gasteiger partial charge on any atom is -0.339 e. The number of rotatable bonds is 6. The summed E-state index contributed by atoms with van der Waals surface area (Å²) in [5.41, 5.74) is 2.48. The molecule has 0 saturated carbocycles. The third-order valence-electron chi connectivity index (χ3n) is 6.50. The molecule has 0 bridgehead atoms. The number of hydrogen-bond acceptors (Lipinski definition) is 4. The summed E-state index contributed by atoms with van der Waals surface area (Å²) < 4.78 is 0. The van der Waals surface area contributed by atoms with Crippen LogP contribution in [0.15, 0.2) is 78.9 Å². The van der Waals surface area contributed by atoms with Crippen molar-refractivity contribution in [1.29, 1.82) is 0 Å². The predicted octanol–water partition coefficient (Wildman–Crippen LogP) is 3.77. The molecule has 5 rings (SSSR count). The monoisotopic (exact) mass is 467 g/mol. The largest absolute Gasteiger partial charge is 0.339 e. The van der Waals surface area contributed by atoms with E-state index in [0.29, 0.717) is 22.4 Å². The van der Waals surface area contributed by atoms with E-state index in [9.17, 15) is 19.2 Å². The third-order valence-corrected chi connectivity index (χ3v) is 6.50. The summed E-state index contributed by atoms with van der Waals surface area (Å²) in [6, 6.07) is 21.6. The molecule has 176 valence electrons. The maximum Gasteiger partial charge on any atom is 0.262 e. The van der Waals surface area contributed by atoms with E-state index in [2.05, 4.69) is 5.32 Å². The average Bonchev–Trinajstić information content (AvgIpc) is 3.51. The van der Waals surface area contributed by atoms with Crippen LogP contribution in [0.5, 0.6) is 0 Å². The second-order valence-corrected chi connectivity index (χ2v) is 8.80. The molecule has 0 aliphatic carbocycles. The van der Waals surface area contributed by atoms with Crippen LogP contribution >= 0.6 is 0 Å². The molecule has 3 aromatic rings. The summed E-state index contributed by atoms with van der Waals surface area (Å²) >= 11 is 0. The third kappa shape index (κ3) is 4.45. The van der Waals surface area contributed by atoms with Gasteiger partial charge in [0.1, 0.15) is 6.04 Å². The summed E-state index contributed by atoms with van der Waals surface area (Å²) in [5.74, 6) is -1.45. The molecule has 1 atom stereocenters. The summed E-state index contributed by atoms with van der Waals surface area (Å²) in [6.45, 7) is 1.53. The highest BCUT2D eigenvalue weighted by Crippen LogP contribution is 2.27. The van der Waals surface area contributed by atoms with Crippen molar-refractivity contribution in [3.8, 4) is 0 Å². The van der Waals surface area contributed by atoms with Gasteiger partial charge in [-0.15, -0.1) is 0 Å². The van der Waals surface area contributed by atoms with E-state index in [4.69, 9.17) is 0 Å². The number of hydrogen-bond donors (Lipinski definition) is 1. The van der Waals surface area contributed by atoms with Crippen molar-refractivity contribution in [3.63, 3.8) is 0 Å². The Morgan fingerprint density at radius 3 is 1.94 bits per heavy atom. The number of benzene rings is 3. The van der Waals surface area contributed by atoms with Gasteiger partial charge in [0.05, 0.1) is 11.1 Å². The van der Waals surface area contributed by atoms with E-state index in [1.165, 1.54) is 0 Å². The van der Waals surface area contributed by atoms with Gasteiger partial charge in [0.2, 0.25) is 5.91 Å². The van der Waals surface area contributed by atoms with E-state index in [1.807, 2.05) is 35.2 Å². The highest BCUT2D eigenvalue weighted by atomic mass is 16.2. The molecule has 1 N–H and O–H groups in total. The number of carbonyl (C=O) groups excluding carboxylic acids is 4. The Balaban J connectivity index is 1.38. The number of imide groups is 1. The summed E-state index contributed by atoms with van der Waals surface area (Å²) in [6.07, 6.45) is 2.21. The van der Waals surface area contributed by atoms with Gasteiger partial charge in [0.25, 0.3) is 17.7 Å². The first kappa shape index (κ1) is 22.5. The number of nitrogens with one attached hydrogen (secondary N) is 1. The van der Waals surface area contributed by atoms with Crippen molar-refractivity contribution in [1.82, 2.24) is 9.80 Å². The van der Waals surface area contributed by atoms with Crippen LogP contribution in [0.2, 0.25) is 0 Å². The maximum atomic E-state index is 13.4. The summed E-state index contributed by atoms with van der Waals surface area (Å²) in [5, 5.41) is 2.83. The van der Waals surface area contributed by atoms with Gasteiger partial charge in [0.15, 0.2) is 0 Å². The molecule has 1 unspecified atom stereocenters. The van der Waals surface area contributed by atoms with E-state index in [1.54, 1.807) is 48.5 Å². The van der Waals surface area contributed by atoms with E-state index < -0.39 is 23.8 Å². The van der Waals surface area contributed by atoms with Crippen molar-refractivity contribution < 1.29 is 19.2 Å². The van der Waals surface area contributed by atoms with Gasteiger partial charge in [-0.05, 0) is 54.8 Å². The van der Waals surface area contributed by atoms with Crippen LogP contribution < -0.4 is 5.32 Å². The van der Waals surface area contributed by atoms with Gasteiger partial charge in [-0.3, -0.25) is 24.1 Å². The zero-order chi connectivity index (χ0) is 24.4. The van der Waals surface area contributed by atoms with Crippen molar-refractivity contribution in [2.75, 3.05) is 18.4 Å². The molecule has 3 aromatic carbocycles. The molecule has 0 radical (unpaired) electrons. The molecule has 7 heteroatoms. The Bertz CT molecular complexity index is 1250. The Morgan fingerprint density at radius 2 is 1.34 bits per heavy atom. The van der Waals surface area contributed by atoms with Crippen LogP contribution in [0.3, 0.4) is 0 Å². The lowest BCUT2D eigenvalue weighted by atomic mass is 10.0. The lowest BCUT2D eigenvalue weighted by Gasteiger charge is -2.25. The molecular weight excluding hydrogens is 442 g/mol. The van der Waals surface area contributed by atoms with Crippen LogP contribution in [-0.4, -0.2) is 52.6 Å². The molecule has 1 saturated heterocycles. The zero-order valence-corrected chi connectivity index (χ0v) is 19.1. The van der Waals surface area contributed by atoms with Crippen LogP contribution in [0.25, 0.3) is 0 Å². The minimum atomic E-state index is -1.03. The molecular formula is C28H25N3O4. The first-order chi connectivity index (χ1) is 17.0. The van der Waals surface area contributed by atoms with E-state index in [-0.39, 0.29) is 12.3 Å². The second-order valence-electron chi connectivity index (χ2n) is 8.80. The predicted molar refractivity (Wildman–Crippen MR) is 131 cm³/mol. The molecule has 7 nitrogen and oxygen atoms in total. The molecule has 0 spiro atoms. The van der Waals surface area contributed by atoms with Crippen molar-refractivity contribution in [3.05, 3.63) is 101 Å². The zero-order valence-electron chi connectivity index (χ0n) is 19.1. The molecule has 2 aliphatic rings. The Labute approximate surface area is 203 Å². The van der Waals surface area contributed by atoms with Gasteiger partial charge in [-0.1, -0.05) is 42.5 Å². The quantitative estimate of drug-likeness (QED) is 0.559.